The van der Waals surface area contributed by atoms with E-state index in [1.807, 2.05) is 42.5 Å². The summed E-state index contributed by atoms with van der Waals surface area (Å²) in [4.78, 5) is 24.2. The SMILES string of the molecule is COc1ccc(Cl)cc1NC(=O)C(=O)NCCC(O)c1cccc2ccccc12. The molecule has 150 valence electrons. The number of aliphatic hydroxyl groups is 1. The van der Waals surface area contributed by atoms with Crippen LogP contribution in [0.2, 0.25) is 5.02 Å². The van der Waals surface area contributed by atoms with E-state index in [-0.39, 0.29) is 13.0 Å². The van der Waals surface area contributed by atoms with E-state index in [2.05, 4.69) is 10.6 Å². The number of nitrogens with one attached hydrogen (secondary N) is 2. The van der Waals surface area contributed by atoms with Crippen LogP contribution in [-0.2, 0) is 9.59 Å². The molecule has 1 atom stereocenters. The summed E-state index contributed by atoms with van der Waals surface area (Å²) in [6.45, 7) is 0.142. The van der Waals surface area contributed by atoms with Crippen molar-refractivity contribution in [3.8, 4) is 5.75 Å². The molecule has 3 rings (SSSR count). The summed E-state index contributed by atoms with van der Waals surface area (Å²) in [5.74, 6) is -1.26. The lowest BCUT2D eigenvalue weighted by molar-refractivity contribution is -0.136. The van der Waals surface area contributed by atoms with Crippen LogP contribution in [0.15, 0.2) is 60.7 Å². The molecule has 3 N–H and O–H groups in total. The molecule has 2 amide bonds. The van der Waals surface area contributed by atoms with Gasteiger partial charge < -0.3 is 20.5 Å². The van der Waals surface area contributed by atoms with E-state index in [1.165, 1.54) is 13.2 Å². The minimum Gasteiger partial charge on any atom is -0.495 e. The molecule has 0 aliphatic heterocycles. The first-order valence-electron chi connectivity index (χ1n) is 9.08. The zero-order valence-electron chi connectivity index (χ0n) is 15.8. The van der Waals surface area contributed by atoms with Crippen LogP contribution in [0.3, 0.4) is 0 Å². The van der Waals surface area contributed by atoms with E-state index in [0.29, 0.717) is 16.5 Å². The standard InChI is InChI=1S/C22H21ClN2O4/c1-29-20-10-9-15(23)13-18(20)25-22(28)21(27)24-12-11-19(26)17-8-4-6-14-5-2-3-7-16(14)17/h2-10,13,19,26H,11-12H2,1H3,(H,24,27)(H,25,28). The number of rotatable bonds is 6. The third-order valence-corrected chi connectivity index (χ3v) is 4.74. The molecular formula is C22H21ClN2O4. The van der Waals surface area contributed by atoms with Crippen molar-refractivity contribution in [2.24, 2.45) is 0 Å². The fraction of sp³-hybridized carbons (Fsp3) is 0.182. The Morgan fingerprint density at radius 3 is 2.62 bits per heavy atom. The van der Waals surface area contributed by atoms with Gasteiger partial charge in [-0.05, 0) is 41.0 Å². The fourth-order valence-corrected chi connectivity index (χ4v) is 3.23. The average molecular weight is 413 g/mol. The van der Waals surface area contributed by atoms with Gasteiger partial charge in [-0.3, -0.25) is 9.59 Å². The predicted octanol–water partition coefficient (Wildman–Crippen LogP) is 3.68. The van der Waals surface area contributed by atoms with Crippen molar-refractivity contribution in [3.63, 3.8) is 0 Å². The van der Waals surface area contributed by atoms with Gasteiger partial charge in [-0.2, -0.15) is 0 Å². The molecular weight excluding hydrogens is 392 g/mol. The molecule has 3 aromatic carbocycles. The number of carbonyl (C=O) groups is 2. The highest BCUT2D eigenvalue weighted by molar-refractivity contribution is 6.40. The molecule has 0 fully saturated rings. The first-order chi connectivity index (χ1) is 14.0. The minimum atomic E-state index is -0.842. The van der Waals surface area contributed by atoms with Gasteiger partial charge in [0.05, 0.1) is 18.9 Å². The van der Waals surface area contributed by atoms with E-state index >= 15 is 0 Å². The molecule has 0 aliphatic carbocycles. The molecule has 6 nitrogen and oxygen atoms in total. The normalized spacial score (nSPS) is 11.7. The monoisotopic (exact) mass is 412 g/mol. The van der Waals surface area contributed by atoms with E-state index in [1.54, 1.807) is 12.1 Å². The number of benzene rings is 3. The highest BCUT2D eigenvalue weighted by atomic mass is 35.5. The molecule has 0 aliphatic rings. The van der Waals surface area contributed by atoms with Crippen LogP contribution in [0.25, 0.3) is 10.8 Å². The topological polar surface area (TPSA) is 87.7 Å². The maximum Gasteiger partial charge on any atom is 0.313 e. The van der Waals surface area contributed by atoms with Crippen LogP contribution in [0.1, 0.15) is 18.1 Å². The van der Waals surface area contributed by atoms with Gasteiger partial charge in [0.2, 0.25) is 0 Å². The maximum absolute atomic E-state index is 12.1. The number of aliphatic hydroxyl groups excluding tert-OH is 1. The van der Waals surface area contributed by atoms with Crippen LogP contribution in [0, 0.1) is 0 Å². The van der Waals surface area contributed by atoms with Crippen LogP contribution in [-0.4, -0.2) is 30.6 Å². The smallest absolute Gasteiger partial charge is 0.313 e. The van der Waals surface area contributed by atoms with Crippen molar-refractivity contribution >= 4 is 39.9 Å². The second kappa shape index (κ2) is 9.41. The Hall–Kier alpha value is -3.09. The second-order valence-electron chi connectivity index (χ2n) is 6.43. The summed E-state index contributed by atoms with van der Waals surface area (Å²) in [5, 5.41) is 17.9. The Bertz CT molecular complexity index is 1030. The Kier molecular flexibility index (Phi) is 6.69. The van der Waals surface area contributed by atoms with Gasteiger partial charge in [0, 0.05) is 11.6 Å². The van der Waals surface area contributed by atoms with Crippen LogP contribution < -0.4 is 15.4 Å². The summed E-state index contributed by atoms with van der Waals surface area (Å²) in [7, 11) is 1.45. The van der Waals surface area contributed by atoms with Gasteiger partial charge in [-0.25, -0.2) is 0 Å². The number of halogens is 1. The number of carbonyl (C=O) groups excluding carboxylic acids is 2. The molecule has 1 unspecified atom stereocenters. The Balaban J connectivity index is 1.56. The molecule has 0 saturated heterocycles. The number of fused-ring (bicyclic) bond motifs is 1. The van der Waals surface area contributed by atoms with E-state index in [9.17, 15) is 14.7 Å². The van der Waals surface area contributed by atoms with Gasteiger partial charge in [0.1, 0.15) is 5.75 Å². The summed E-state index contributed by atoms with van der Waals surface area (Å²) in [6.07, 6.45) is -0.495. The lowest BCUT2D eigenvalue weighted by Crippen LogP contribution is -2.36. The summed E-state index contributed by atoms with van der Waals surface area (Å²) in [6, 6.07) is 18.2. The van der Waals surface area contributed by atoms with Crippen LogP contribution in [0.5, 0.6) is 5.75 Å². The third kappa shape index (κ3) is 5.04. The molecule has 0 saturated carbocycles. The van der Waals surface area contributed by atoms with E-state index in [4.69, 9.17) is 16.3 Å². The van der Waals surface area contributed by atoms with Gasteiger partial charge in [0.15, 0.2) is 0 Å². The number of methoxy groups -OCH3 is 1. The average Bonchev–Trinajstić information content (AvgIpc) is 2.73. The molecule has 0 bridgehead atoms. The second-order valence-corrected chi connectivity index (χ2v) is 6.86. The molecule has 0 spiro atoms. The van der Waals surface area contributed by atoms with Crippen LogP contribution >= 0.6 is 11.6 Å². The van der Waals surface area contributed by atoms with E-state index in [0.717, 1.165) is 16.3 Å². The Labute approximate surface area is 173 Å². The first kappa shape index (κ1) is 20.6. The van der Waals surface area contributed by atoms with Gasteiger partial charge >= 0.3 is 11.8 Å². The zero-order chi connectivity index (χ0) is 20.8. The zero-order valence-corrected chi connectivity index (χ0v) is 16.6. The number of amides is 2. The highest BCUT2D eigenvalue weighted by Crippen LogP contribution is 2.28. The van der Waals surface area contributed by atoms with Crippen LogP contribution in [0.4, 0.5) is 5.69 Å². The summed E-state index contributed by atoms with van der Waals surface area (Å²) >= 11 is 5.92. The highest BCUT2D eigenvalue weighted by Gasteiger charge is 2.17. The number of anilines is 1. The quantitative estimate of drug-likeness (QED) is 0.539. The largest absolute Gasteiger partial charge is 0.495 e. The van der Waals surface area contributed by atoms with Crippen molar-refractivity contribution < 1.29 is 19.4 Å². The molecule has 7 heteroatoms. The number of hydrogen-bond acceptors (Lipinski definition) is 4. The minimum absolute atomic E-state index is 0.142. The number of ether oxygens (including phenoxy) is 1. The fourth-order valence-electron chi connectivity index (χ4n) is 3.06. The Morgan fingerprint density at radius 1 is 1.07 bits per heavy atom. The summed E-state index contributed by atoms with van der Waals surface area (Å²) in [5.41, 5.74) is 1.08. The predicted molar refractivity (Wildman–Crippen MR) is 113 cm³/mol. The molecule has 3 aromatic rings. The molecule has 0 radical (unpaired) electrons. The van der Waals surface area contributed by atoms with Crippen molar-refractivity contribution in [3.05, 3.63) is 71.2 Å². The van der Waals surface area contributed by atoms with Crippen molar-refractivity contribution in [2.45, 2.75) is 12.5 Å². The molecule has 0 aromatic heterocycles. The van der Waals surface area contributed by atoms with Crippen molar-refractivity contribution in [2.75, 3.05) is 19.0 Å². The first-order valence-corrected chi connectivity index (χ1v) is 9.46. The molecule has 0 heterocycles. The van der Waals surface area contributed by atoms with Crippen molar-refractivity contribution in [1.82, 2.24) is 5.32 Å². The molecule has 29 heavy (non-hydrogen) atoms. The third-order valence-electron chi connectivity index (χ3n) is 4.50. The number of hydrogen-bond donors (Lipinski definition) is 3. The maximum atomic E-state index is 12.1. The Morgan fingerprint density at radius 2 is 1.83 bits per heavy atom. The van der Waals surface area contributed by atoms with Gasteiger partial charge in [0.25, 0.3) is 0 Å². The van der Waals surface area contributed by atoms with Gasteiger partial charge in [-0.1, -0.05) is 54.1 Å². The summed E-state index contributed by atoms with van der Waals surface area (Å²) < 4.78 is 5.14. The van der Waals surface area contributed by atoms with E-state index < -0.39 is 17.9 Å². The van der Waals surface area contributed by atoms with Gasteiger partial charge in [-0.15, -0.1) is 0 Å². The lowest BCUT2D eigenvalue weighted by atomic mass is 9.99. The lowest BCUT2D eigenvalue weighted by Gasteiger charge is -2.14. The van der Waals surface area contributed by atoms with Crippen molar-refractivity contribution in [1.29, 1.82) is 0 Å².